The van der Waals surface area contributed by atoms with Crippen molar-refractivity contribution >= 4 is 37.5 Å². The van der Waals surface area contributed by atoms with E-state index >= 15 is 0 Å². The van der Waals surface area contributed by atoms with E-state index < -0.39 is 11.0 Å². The summed E-state index contributed by atoms with van der Waals surface area (Å²) in [5, 5.41) is 20.7. The van der Waals surface area contributed by atoms with Crippen molar-refractivity contribution < 1.29 is 14.8 Å². The molecule has 0 aliphatic rings. The average Bonchev–Trinajstić information content (AvgIpc) is 2.42. The van der Waals surface area contributed by atoms with E-state index in [4.69, 9.17) is 4.74 Å². The molecule has 1 unspecified atom stereocenters. The fraction of sp³-hybridized carbons (Fsp3) is 0.143. The first-order valence-electron chi connectivity index (χ1n) is 5.98. The van der Waals surface area contributed by atoms with E-state index in [0.717, 1.165) is 4.47 Å². The average molecular weight is 417 g/mol. The molecule has 1 N–H and O–H groups in total. The summed E-state index contributed by atoms with van der Waals surface area (Å²) in [5.41, 5.74) is 0.506. The SMILES string of the molecule is CC(O)c1cc(Br)ccc1Oc1cccc([N+](=O)[O-])c1Br. The Hall–Kier alpha value is -1.44. The predicted molar refractivity (Wildman–Crippen MR) is 85.6 cm³/mol. The maximum absolute atomic E-state index is 10.9. The van der Waals surface area contributed by atoms with Gasteiger partial charge in [-0.3, -0.25) is 10.1 Å². The molecule has 1 atom stereocenters. The fourth-order valence-corrected chi connectivity index (χ4v) is 2.65. The Morgan fingerprint density at radius 1 is 1.24 bits per heavy atom. The van der Waals surface area contributed by atoms with Crippen LogP contribution in [0.15, 0.2) is 45.3 Å². The number of benzene rings is 2. The highest BCUT2D eigenvalue weighted by Crippen LogP contribution is 2.39. The minimum absolute atomic E-state index is 0.0804. The van der Waals surface area contributed by atoms with Crippen LogP contribution in [0, 0.1) is 10.1 Å². The van der Waals surface area contributed by atoms with Gasteiger partial charge < -0.3 is 9.84 Å². The quantitative estimate of drug-likeness (QED) is 0.564. The smallest absolute Gasteiger partial charge is 0.287 e. The third kappa shape index (κ3) is 3.61. The van der Waals surface area contributed by atoms with Gasteiger partial charge in [0.2, 0.25) is 0 Å². The Labute approximate surface area is 138 Å². The first kappa shape index (κ1) is 15.9. The molecule has 0 saturated carbocycles. The summed E-state index contributed by atoms with van der Waals surface area (Å²) in [6.07, 6.45) is -0.727. The number of aliphatic hydroxyl groups excluding tert-OH is 1. The lowest BCUT2D eigenvalue weighted by Crippen LogP contribution is -1.97. The van der Waals surface area contributed by atoms with Crippen LogP contribution in [0.25, 0.3) is 0 Å². The van der Waals surface area contributed by atoms with Crippen LogP contribution >= 0.6 is 31.9 Å². The summed E-state index contributed by atoms with van der Waals surface area (Å²) in [4.78, 5) is 10.4. The molecule has 0 aliphatic carbocycles. The van der Waals surface area contributed by atoms with Crippen LogP contribution in [0.4, 0.5) is 5.69 Å². The standard InChI is InChI=1S/C14H11Br2NO4/c1-8(18)10-7-9(15)5-6-12(10)21-13-4-2-3-11(14(13)16)17(19)20/h2-8,18H,1H3. The van der Waals surface area contributed by atoms with Crippen molar-refractivity contribution in [1.29, 1.82) is 0 Å². The predicted octanol–water partition coefficient (Wildman–Crippen LogP) is 4.97. The Morgan fingerprint density at radius 2 is 1.95 bits per heavy atom. The van der Waals surface area contributed by atoms with Crippen LogP contribution in [0.3, 0.4) is 0 Å². The molecule has 5 nitrogen and oxygen atoms in total. The highest BCUT2D eigenvalue weighted by molar-refractivity contribution is 9.11. The van der Waals surface area contributed by atoms with Gasteiger partial charge in [0.1, 0.15) is 16.0 Å². The molecule has 21 heavy (non-hydrogen) atoms. The molecular formula is C14H11Br2NO4. The van der Waals surface area contributed by atoms with Crippen LogP contribution < -0.4 is 4.74 Å². The van der Waals surface area contributed by atoms with Crippen LogP contribution in [-0.4, -0.2) is 10.0 Å². The molecule has 2 aromatic carbocycles. The molecule has 0 aliphatic heterocycles. The van der Waals surface area contributed by atoms with Gasteiger partial charge in [-0.05, 0) is 47.1 Å². The molecule has 0 heterocycles. The van der Waals surface area contributed by atoms with Crippen molar-refractivity contribution in [2.24, 2.45) is 0 Å². The minimum atomic E-state index is -0.727. The number of ether oxygens (including phenoxy) is 1. The van der Waals surface area contributed by atoms with E-state index in [1.807, 2.05) is 0 Å². The largest absolute Gasteiger partial charge is 0.456 e. The Morgan fingerprint density at radius 3 is 2.57 bits per heavy atom. The number of nitro benzene ring substituents is 1. The number of hydrogen-bond donors (Lipinski definition) is 1. The molecular weight excluding hydrogens is 406 g/mol. The zero-order chi connectivity index (χ0) is 15.6. The second-order valence-electron chi connectivity index (χ2n) is 4.31. The number of halogens is 2. The summed E-state index contributed by atoms with van der Waals surface area (Å²) >= 11 is 6.51. The van der Waals surface area contributed by atoms with Crippen molar-refractivity contribution in [3.05, 3.63) is 61.0 Å². The van der Waals surface area contributed by atoms with Gasteiger partial charge in [0, 0.05) is 16.1 Å². The van der Waals surface area contributed by atoms with Crippen molar-refractivity contribution in [3.63, 3.8) is 0 Å². The van der Waals surface area contributed by atoms with E-state index in [2.05, 4.69) is 31.9 Å². The maximum Gasteiger partial charge on any atom is 0.287 e. The highest BCUT2D eigenvalue weighted by Gasteiger charge is 2.18. The second-order valence-corrected chi connectivity index (χ2v) is 6.02. The number of rotatable bonds is 4. The zero-order valence-electron chi connectivity index (χ0n) is 10.9. The summed E-state index contributed by atoms with van der Waals surface area (Å²) in [5.74, 6) is 0.753. The van der Waals surface area contributed by atoms with Gasteiger partial charge >= 0.3 is 0 Å². The Balaban J connectivity index is 2.44. The molecule has 0 saturated heterocycles. The molecule has 110 valence electrons. The first-order valence-corrected chi connectivity index (χ1v) is 7.57. The van der Waals surface area contributed by atoms with Crippen molar-refractivity contribution in [1.82, 2.24) is 0 Å². The molecule has 2 rings (SSSR count). The van der Waals surface area contributed by atoms with Crippen LogP contribution in [0.5, 0.6) is 11.5 Å². The zero-order valence-corrected chi connectivity index (χ0v) is 14.1. The molecule has 2 aromatic rings. The van der Waals surface area contributed by atoms with E-state index in [1.165, 1.54) is 6.07 Å². The number of nitro groups is 1. The molecule has 7 heteroatoms. The van der Waals surface area contributed by atoms with Crippen molar-refractivity contribution in [3.8, 4) is 11.5 Å². The number of nitrogens with zero attached hydrogens (tertiary/aromatic N) is 1. The lowest BCUT2D eigenvalue weighted by Gasteiger charge is -2.14. The molecule has 0 aromatic heterocycles. The monoisotopic (exact) mass is 415 g/mol. The molecule has 0 amide bonds. The van der Waals surface area contributed by atoms with Gasteiger partial charge in [-0.15, -0.1) is 0 Å². The first-order chi connectivity index (χ1) is 9.90. The summed E-state index contributed by atoms with van der Waals surface area (Å²) < 4.78 is 6.78. The van der Waals surface area contributed by atoms with Gasteiger partial charge in [-0.2, -0.15) is 0 Å². The van der Waals surface area contributed by atoms with Crippen molar-refractivity contribution in [2.75, 3.05) is 0 Å². The Kier molecular flexibility index (Phi) is 4.97. The molecule has 0 fully saturated rings. The third-order valence-electron chi connectivity index (χ3n) is 2.78. The molecule has 0 spiro atoms. The van der Waals surface area contributed by atoms with Crippen molar-refractivity contribution in [2.45, 2.75) is 13.0 Å². The number of aliphatic hydroxyl groups is 1. The van der Waals surface area contributed by atoms with Gasteiger partial charge in [0.05, 0.1) is 11.0 Å². The van der Waals surface area contributed by atoms with E-state index in [0.29, 0.717) is 17.1 Å². The number of hydrogen-bond acceptors (Lipinski definition) is 4. The third-order valence-corrected chi connectivity index (χ3v) is 4.07. The van der Waals surface area contributed by atoms with Gasteiger partial charge in [0.25, 0.3) is 5.69 Å². The second kappa shape index (κ2) is 6.55. The van der Waals surface area contributed by atoms with Gasteiger partial charge in [-0.1, -0.05) is 22.0 Å². The Bertz CT molecular complexity index is 689. The molecule has 0 bridgehead atoms. The van der Waals surface area contributed by atoms with Crippen LogP contribution in [0.2, 0.25) is 0 Å². The molecule has 0 radical (unpaired) electrons. The van der Waals surface area contributed by atoms with Crippen LogP contribution in [-0.2, 0) is 0 Å². The van der Waals surface area contributed by atoms with E-state index in [-0.39, 0.29) is 10.2 Å². The lowest BCUT2D eigenvalue weighted by atomic mass is 10.1. The van der Waals surface area contributed by atoms with Gasteiger partial charge in [-0.25, -0.2) is 0 Å². The van der Waals surface area contributed by atoms with Gasteiger partial charge in [0.15, 0.2) is 0 Å². The maximum atomic E-state index is 10.9. The summed E-state index contributed by atoms with van der Waals surface area (Å²) in [6, 6.07) is 9.74. The fourth-order valence-electron chi connectivity index (χ4n) is 1.78. The highest BCUT2D eigenvalue weighted by atomic mass is 79.9. The normalized spacial score (nSPS) is 12.0. The summed E-state index contributed by atoms with van der Waals surface area (Å²) in [7, 11) is 0. The topological polar surface area (TPSA) is 72.6 Å². The minimum Gasteiger partial charge on any atom is -0.456 e. The van der Waals surface area contributed by atoms with Crippen LogP contribution in [0.1, 0.15) is 18.6 Å². The van der Waals surface area contributed by atoms with E-state index in [1.54, 1.807) is 37.3 Å². The van der Waals surface area contributed by atoms with E-state index in [9.17, 15) is 15.2 Å². The lowest BCUT2D eigenvalue weighted by molar-refractivity contribution is -0.385. The summed E-state index contributed by atoms with van der Waals surface area (Å²) in [6.45, 7) is 1.62.